The molecule has 7 nitrogen and oxygen atoms in total. The van der Waals surface area contributed by atoms with Gasteiger partial charge in [0.1, 0.15) is 6.54 Å². The van der Waals surface area contributed by atoms with Crippen molar-refractivity contribution in [2.45, 2.75) is 11.4 Å². The topological polar surface area (TPSA) is 85.0 Å². The molecule has 2 aromatic rings. The molecule has 1 saturated heterocycles. The largest absolute Gasteiger partial charge is 0.329 e. The van der Waals surface area contributed by atoms with Crippen molar-refractivity contribution in [1.29, 1.82) is 0 Å². The van der Waals surface area contributed by atoms with Gasteiger partial charge < -0.3 is 4.90 Å². The molecule has 0 spiro atoms. The maximum absolute atomic E-state index is 12.7. The molecule has 1 heterocycles. The summed E-state index contributed by atoms with van der Waals surface area (Å²) in [7, 11) is -3.70. The summed E-state index contributed by atoms with van der Waals surface area (Å²) in [6.07, 6.45) is 0. The van der Waals surface area contributed by atoms with E-state index in [1.165, 1.54) is 33.0 Å². The third-order valence-electron chi connectivity index (χ3n) is 4.39. The van der Waals surface area contributed by atoms with Crippen molar-refractivity contribution < 1.29 is 18.2 Å². The zero-order valence-corrected chi connectivity index (χ0v) is 14.5. The quantitative estimate of drug-likeness (QED) is 0.626. The van der Waals surface area contributed by atoms with Crippen LogP contribution in [0.3, 0.4) is 0 Å². The minimum absolute atomic E-state index is 0.0202. The lowest BCUT2D eigenvalue weighted by Crippen LogP contribution is -3.13. The number of sulfonamides is 1. The number of benzene rings is 2. The Kier molecular flexibility index (Phi) is 5.12. The monoisotopic (exact) mass is 362 g/mol. The average Bonchev–Trinajstić information content (AvgIpc) is 2.63. The van der Waals surface area contributed by atoms with E-state index in [2.05, 4.69) is 12.1 Å². The molecule has 0 saturated carbocycles. The normalized spacial score (nSPS) is 16.6. The SMILES string of the molecule is O=[N+]([O-])c1cccc(S(=O)(=O)N2CC[NH+](Cc3ccccc3)CC2)c1. The van der Waals surface area contributed by atoms with Crippen LogP contribution in [-0.2, 0) is 16.6 Å². The lowest BCUT2D eigenvalue weighted by molar-refractivity contribution is -0.917. The van der Waals surface area contributed by atoms with Gasteiger partial charge >= 0.3 is 0 Å². The van der Waals surface area contributed by atoms with E-state index in [-0.39, 0.29) is 10.6 Å². The summed E-state index contributed by atoms with van der Waals surface area (Å²) in [5.41, 5.74) is 1.02. The van der Waals surface area contributed by atoms with Crippen LogP contribution in [0.25, 0.3) is 0 Å². The number of quaternary nitrogens is 1. The van der Waals surface area contributed by atoms with Crippen LogP contribution in [0.5, 0.6) is 0 Å². The highest BCUT2D eigenvalue weighted by Gasteiger charge is 2.31. The van der Waals surface area contributed by atoms with Gasteiger partial charge in [0.2, 0.25) is 10.0 Å². The first-order chi connectivity index (χ1) is 12.0. The van der Waals surface area contributed by atoms with E-state index >= 15 is 0 Å². The van der Waals surface area contributed by atoms with Crippen molar-refractivity contribution >= 4 is 15.7 Å². The maximum atomic E-state index is 12.7. The third kappa shape index (κ3) is 4.04. The molecule has 132 valence electrons. The van der Waals surface area contributed by atoms with Gasteiger partial charge in [-0.3, -0.25) is 10.1 Å². The van der Waals surface area contributed by atoms with Crippen molar-refractivity contribution in [3.8, 4) is 0 Å². The molecule has 0 bridgehead atoms. The number of hydrogen-bond donors (Lipinski definition) is 1. The number of rotatable bonds is 5. The zero-order chi connectivity index (χ0) is 17.9. The van der Waals surface area contributed by atoms with Gasteiger partial charge in [0.05, 0.1) is 36.0 Å². The number of piperazine rings is 1. The summed E-state index contributed by atoms with van der Waals surface area (Å²) in [5.74, 6) is 0. The molecule has 2 aromatic carbocycles. The van der Waals surface area contributed by atoms with E-state index in [4.69, 9.17) is 0 Å². The van der Waals surface area contributed by atoms with Crippen LogP contribution in [0.1, 0.15) is 5.56 Å². The number of nitrogens with zero attached hydrogens (tertiary/aromatic N) is 2. The van der Waals surface area contributed by atoms with Crippen molar-refractivity contribution in [1.82, 2.24) is 4.31 Å². The van der Waals surface area contributed by atoms with Crippen LogP contribution in [0, 0.1) is 10.1 Å². The van der Waals surface area contributed by atoms with Crippen molar-refractivity contribution in [2.24, 2.45) is 0 Å². The molecule has 3 rings (SSSR count). The van der Waals surface area contributed by atoms with Crippen LogP contribution in [-0.4, -0.2) is 43.8 Å². The molecule has 0 unspecified atom stereocenters. The van der Waals surface area contributed by atoms with Gasteiger partial charge in [0.25, 0.3) is 5.69 Å². The number of hydrogen-bond acceptors (Lipinski definition) is 4. The van der Waals surface area contributed by atoms with Gasteiger partial charge in [-0.25, -0.2) is 8.42 Å². The molecule has 1 N–H and O–H groups in total. The Morgan fingerprint density at radius 3 is 2.36 bits per heavy atom. The van der Waals surface area contributed by atoms with E-state index in [1.54, 1.807) is 0 Å². The number of nitro groups is 1. The summed E-state index contributed by atoms with van der Waals surface area (Å²) in [6.45, 7) is 3.11. The number of non-ortho nitro benzene ring substituents is 1. The molecule has 1 aliphatic rings. The lowest BCUT2D eigenvalue weighted by Gasteiger charge is -2.31. The second-order valence-electron chi connectivity index (χ2n) is 6.07. The Bertz CT molecular complexity index is 847. The molecule has 0 amide bonds. The highest BCUT2D eigenvalue weighted by Crippen LogP contribution is 2.20. The summed E-state index contributed by atoms with van der Waals surface area (Å²) < 4.78 is 26.9. The summed E-state index contributed by atoms with van der Waals surface area (Å²) in [6, 6.07) is 15.3. The number of nitrogens with one attached hydrogen (secondary N) is 1. The average molecular weight is 362 g/mol. The minimum atomic E-state index is -3.70. The third-order valence-corrected chi connectivity index (χ3v) is 6.29. The first-order valence-electron chi connectivity index (χ1n) is 8.09. The van der Waals surface area contributed by atoms with Gasteiger partial charge in [0, 0.05) is 17.7 Å². The minimum Gasteiger partial charge on any atom is -0.329 e. The van der Waals surface area contributed by atoms with Gasteiger partial charge in [0.15, 0.2) is 0 Å². The van der Waals surface area contributed by atoms with Crippen LogP contribution in [0.2, 0.25) is 0 Å². The molecule has 25 heavy (non-hydrogen) atoms. The van der Waals surface area contributed by atoms with Crippen molar-refractivity contribution in [3.05, 3.63) is 70.3 Å². The second kappa shape index (κ2) is 7.30. The molecule has 1 fully saturated rings. The smallest absolute Gasteiger partial charge is 0.270 e. The molecule has 8 heteroatoms. The summed E-state index contributed by atoms with van der Waals surface area (Å²) in [4.78, 5) is 11.6. The van der Waals surface area contributed by atoms with E-state index in [0.29, 0.717) is 26.2 Å². The Balaban J connectivity index is 1.67. The van der Waals surface area contributed by atoms with Crippen molar-refractivity contribution in [3.63, 3.8) is 0 Å². The van der Waals surface area contributed by atoms with Crippen LogP contribution in [0.4, 0.5) is 5.69 Å². The van der Waals surface area contributed by atoms with Crippen LogP contribution < -0.4 is 4.90 Å². The molecule has 0 aromatic heterocycles. The predicted octanol–water partition coefficient (Wildman–Crippen LogP) is 0.684. The lowest BCUT2D eigenvalue weighted by atomic mass is 10.2. The Morgan fingerprint density at radius 2 is 1.72 bits per heavy atom. The molecular weight excluding hydrogens is 342 g/mol. The Hall–Kier alpha value is -2.29. The predicted molar refractivity (Wildman–Crippen MR) is 92.7 cm³/mol. The summed E-state index contributed by atoms with van der Waals surface area (Å²) >= 11 is 0. The summed E-state index contributed by atoms with van der Waals surface area (Å²) in [5, 5.41) is 10.9. The maximum Gasteiger partial charge on any atom is 0.270 e. The second-order valence-corrected chi connectivity index (χ2v) is 8.01. The Morgan fingerprint density at radius 1 is 1.04 bits per heavy atom. The van der Waals surface area contributed by atoms with Crippen molar-refractivity contribution in [2.75, 3.05) is 26.2 Å². The highest BCUT2D eigenvalue weighted by molar-refractivity contribution is 7.89. The van der Waals surface area contributed by atoms with E-state index in [9.17, 15) is 18.5 Å². The van der Waals surface area contributed by atoms with Gasteiger partial charge in [-0.2, -0.15) is 4.31 Å². The van der Waals surface area contributed by atoms with E-state index < -0.39 is 14.9 Å². The highest BCUT2D eigenvalue weighted by atomic mass is 32.2. The number of nitro benzene ring substituents is 1. The molecule has 1 aliphatic heterocycles. The fourth-order valence-corrected chi connectivity index (χ4v) is 4.49. The molecule has 0 aliphatic carbocycles. The molecular formula is C17H20N3O4S+. The molecule has 0 atom stereocenters. The fourth-order valence-electron chi connectivity index (χ4n) is 3.01. The van der Waals surface area contributed by atoms with E-state index in [1.807, 2.05) is 18.2 Å². The molecule has 0 radical (unpaired) electrons. The van der Waals surface area contributed by atoms with Gasteiger partial charge in [-0.15, -0.1) is 0 Å². The first-order valence-corrected chi connectivity index (χ1v) is 9.53. The van der Waals surface area contributed by atoms with Gasteiger partial charge in [-0.1, -0.05) is 36.4 Å². The Labute approximate surface area is 146 Å². The first kappa shape index (κ1) is 17.5. The zero-order valence-electron chi connectivity index (χ0n) is 13.7. The fraction of sp³-hybridized carbons (Fsp3) is 0.294. The standard InChI is InChI=1S/C17H19N3O4S/c21-20(22)16-7-4-8-17(13-16)25(23,24)19-11-9-18(10-12-19)14-15-5-2-1-3-6-15/h1-8,13H,9-12,14H2/p+1. The van der Waals surface area contributed by atoms with Crippen LogP contribution >= 0.6 is 0 Å². The van der Waals surface area contributed by atoms with E-state index in [0.717, 1.165) is 12.6 Å². The van der Waals surface area contributed by atoms with Crippen LogP contribution in [0.15, 0.2) is 59.5 Å². The van der Waals surface area contributed by atoms with Gasteiger partial charge in [-0.05, 0) is 6.07 Å².